The minimum atomic E-state index is -3.77. The summed E-state index contributed by atoms with van der Waals surface area (Å²) in [6.07, 6.45) is -0.629. The van der Waals surface area contributed by atoms with E-state index in [-0.39, 0.29) is 29.8 Å². The lowest BCUT2D eigenvalue weighted by atomic mass is 10.2. The van der Waals surface area contributed by atoms with Crippen LogP contribution < -0.4 is 10.1 Å². The molecule has 4 rings (SSSR count). The fraction of sp³-hybridized carbons (Fsp3) is 0.300. The van der Waals surface area contributed by atoms with Gasteiger partial charge in [-0.25, -0.2) is 8.42 Å². The van der Waals surface area contributed by atoms with Crippen LogP contribution in [0, 0.1) is 0 Å². The van der Waals surface area contributed by atoms with Crippen LogP contribution in [0.3, 0.4) is 0 Å². The fourth-order valence-corrected chi connectivity index (χ4v) is 5.28. The quantitative estimate of drug-likeness (QED) is 0.707. The summed E-state index contributed by atoms with van der Waals surface area (Å²) >= 11 is 3.36. The predicted molar refractivity (Wildman–Crippen MR) is 114 cm³/mol. The van der Waals surface area contributed by atoms with Gasteiger partial charge in [-0.1, -0.05) is 22.0 Å². The van der Waals surface area contributed by atoms with Crippen molar-refractivity contribution in [2.45, 2.75) is 17.9 Å². The van der Waals surface area contributed by atoms with Crippen molar-refractivity contribution in [1.29, 1.82) is 0 Å². The Labute approximate surface area is 183 Å². The number of nitrogens with one attached hydrogen (secondary N) is 1. The molecule has 10 heteroatoms. The Hall–Kier alpha value is -2.43. The van der Waals surface area contributed by atoms with Crippen molar-refractivity contribution in [3.05, 3.63) is 52.5 Å². The van der Waals surface area contributed by atoms with Crippen molar-refractivity contribution in [1.82, 2.24) is 9.21 Å². The number of carbonyl (C=O) groups excluding carboxylic acids is 2. The van der Waals surface area contributed by atoms with E-state index in [4.69, 9.17) is 4.74 Å². The molecular formula is C20H20BrN3O5S. The number of nitrogens with zero attached hydrogens (tertiary/aromatic N) is 2. The number of carbonyl (C=O) groups is 2. The predicted octanol–water partition coefficient (Wildman–Crippen LogP) is 2.32. The minimum absolute atomic E-state index is 0.0754. The molecule has 0 saturated carbocycles. The van der Waals surface area contributed by atoms with Gasteiger partial charge in [0.15, 0.2) is 6.10 Å². The van der Waals surface area contributed by atoms with Gasteiger partial charge in [-0.15, -0.1) is 0 Å². The molecule has 8 nitrogen and oxygen atoms in total. The van der Waals surface area contributed by atoms with E-state index in [0.29, 0.717) is 30.1 Å². The first-order chi connectivity index (χ1) is 14.3. The number of amides is 2. The molecule has 0 aromatic heterocycles. The van der Waals surface area contributed by atoms with Gasteiger partial charge >= 0.3 is 0 Å². The second kappa shape index (κ2) is 8.01. The highest BCUT2D eigenvalue weighted by Crippen LogP contribution is 2.33. The molecule has 0 unspecified atom stereocenters. The minimum Gasteiger partial charge on any atom is -0.479 e. The van der Waals surface area contributed by atoms with Gasteiger partial charge in [0.1, 0.15) is 5.75 Å². The number of hydrogen-bond acceptors (Lipinski definition) is 5. The van der Waals surface area contributed by atoms with Crippen LogP contribution in [0.5, 0.6) is 5.75 Å². The number of sulfonamides is 1. The molecule has 1 atom stereocenters. The van der Waals surface area contributed by atoms with E-state index in [9.17, 15) is 18.0 Å². The largest absolute Gasteiger partial charge is 0.479 e. The maximum absolute atomic E-state index is 13.1. The summed E-state index contributed by atoms with van der Waals surface area (Å²) < 4.78 is 33.8. The molecule has 2 aromatic carbocycles. The first-order valence-corrected chi connectivity index (χ1v) is 11.7. The van der Waals surface area contributed by atoms with E-state index in [1.165, 1.54) is 16.4 Å². The number of anilines is 1. The Morgan fingerprint density at radius 3 is 2.57 bits per heavy atom. The molecule has 158 valence electrons. The highest BCUT2D eigenvalue weighted by molar-refractivity contribution is 9.10. The van der Waals surface area contributed by atoms with Crippen molar-refractivity contribution >= 4 is 43.5 Å². The number of piperazine rings is 1. The van der Waals surface area contributed by atoms with E-state index in [0.717, 1.165) is 4.47 Å². The van der Waals surface area contributed by atoms with E-state index in [2.05, 4.69) is 21.2 Å². The van der Waals surface area contributed by atoms with Crippen molar-refractivity contribution < 1.29 is 22.7 Å². The number of hydrogen-bond donors (Lipinski definition) is 1. The molecule has 0 bridgehead atoms. The van der Waals surface area contributed by atoms with Gasteiger partial charge in [0.2, 0.25) is 10.0 Å². The molecule has 1 N–H and O–H groups in total. The first-order valence-electron chi connectivity index (χ1n) is 9.42. The molecule has 2 aromatic rings. The second-order valence-electron chi connectivity index (χ2n) is 7.11. The topological polar surface area (TPSA) is 96.0 Å². The highest BCUT2D eigenvalue weighted by atomic mass is 79.9. The van der Waals surface area contributed by atoms with Crippen LogP contribution in [0.4, 0.5) is 5.69 Å². The maximum Gasteiger partial charge on any atom is 0.265 e. The molecule has 2 heterocycles. The number of fused-ring (bicyclic) bond motifs is 1. The first kappa shape index (κ1) is 20.8. The van der Waals surface area contributed by atoms with Crippen LogP contribution in [-0.2, 0) is 14.8 Å². The third-order valence-corrected chi connectivity index (χ3v) is 7.50. The molecule has 0 spiro atoms. The van der Waals surface area contributed by atoms with E-state index in [1.54, 1.807) is 36.1 Å². The lowest BCUT2D eigenvalue weighted by Gasteiger charge is -2.34. The summed E-state index contributed by atoms with van der Waals surface area (Å²) in [5, 5.41) is 2.67. The summed E-state index contributed by atoms with van der Waals surface area (Å²) in [6, 6.07) is 11.5. The molecule has 2 amide bonds. The number of halogens is 1. The van der Waals surface area contributed by atoms with Crippen LogP contribution in [0.25, 0.3) is 0 Å². The lowest BCUT2D eigenvalue weighted by molar-refractivity contribution is -0.122. The molecular weight excluding hydrogens is 474 g/mol. The third-order valence-electron chi connectivity index (χ3n) is 5.12. The Bertz CT molecular complexity index is 1110. The summed E-state index contributed by atoms with van der Waals surface area (Å²) in [6.45, 7) is 2.61. The summed E-state index contributed by atoms with van der Waals surface area (Å²) in [4.78, 5) is 26.2. The molecule has 0 radical (unpaired) electrons. The number of rotatable bonds is 3. The Balaban J connectivity index is 1.47. The number of benzene rings is 2. The van der Waals surface area contributed by atoms with E-state index in [1.807, 2.05) is 6.07 Å². The Kier molecular flexibility index (Phi) is 5.56. The van der Waals surface area contributed by atoms with Gasteiger partial charge in [0, 0.05) is 36.2 Å². The standard InChI is InChI=1S/C20H20BrN3O5S/c1-13-19(25)22-17-12-16(5-6-18(17)29-13)30(27,28)24-9-7-23(8-10-24)20(26)14-3-2-4-15(21)11-14/h2-6,11-13H,7-10H2,1H3,(H,22,25)/t13-/m1/s1. The summed E-state index contributed by atoms with van der Waals surface area (Å²) in [7, 11) is -3.77. The van der Waals surface area contributed by atoms with Gasteiger partial charge in [0.05, 0.1) is 10.6 Å². The SMILES string of the molecule is C[C@H]1Oc2ccc(S(=O)(=O)N3CCN(C(=O)c4cccc(Br)c4)CC3)cc2NC1=O. The Morgan fingerprint density at radius 2 is 1.87 bits per heavy atom. The van der Waals surface area contributed by atoms with E-state index < -0.39 is 16.1 Å². The fourth-order valence-electron chi connectivity index (χ4n) is 3.43. The molecule has 2 aliphatic rings. The van der Waals surface area contributed by atoms with Crippen LogP contribution in [0.2, 0.25) is 0 Å². The van der Waals surface area contributed by atoms with Crippen molar-refractivity contribution in [3.63, 3.8) is 0 Å². The molecule has 2 aliphatic heterocycles. The average Bonchev–Trinajstić information content (AvgIpc) is 2.74. The number of ether oxygens (including phenoxy) is 1. The van der Waals surface area contributed by atoms with Crippen molar-refractivity contribution in [2.24, 2.45) is 0 Å². The molecule has 1 fully saturated rings. The lowest BCUT2D eigenvalue weighted by Crippen LogP contribution is -2.50. The highest BCUT2D eigenvalue weighted by Gasteiger charge is 2.32. The van der Waals surface area contributed by atoms with Crippen molar-refractivity contribution in [2.75, 3.05) is 31.5 Å². The van der Waals surface area contributed by atoms with Crippen molar-refractivity contribution in [3.8, 4) is 5.75 Å². The van der Waals surface area contributed by atoms with Crippen LogP contribution in [0.1, 0.15) is 17.3 Å². The molecule has 0 aliphatic carbocycles. The zero-order valence-electron chi connectivity index (χ0n) is 16.2. The van der Waals surface area contributed by atoms with Crippen LogP contribution in [0.15, 0.2) is 51.8 Å². The van der Waals surface area contributed by atoms with Gasteiger partial charge in [0.25, 0.3) is 11.8 Å². The Morgan fingerprint density at radius 1 is 1.13 bits per heavy atom. The van der Waals surface area contributed by atoms with Gasteiger partial charge in [-0.05, 0) is 43.3 Å². The average molecular weight is 494 g/mol. The van der Waals surface area contributed by atoms with Gasteiger partial charge < -0.3 is 15.0 Å². The molecule has 1 saturated heterocycles. The zero-order valence-corrected chi connectivity index (χ0v) is 18.6. The smallest absolute Gasteiger partial charge is 0.265 e. The van der Waals surface area contributed by atoms with Gasteiger partial charge in [-0.2, -0.15) is 4.31 Å². The maximum atomic E-state index is 13.1. The monoisotopic (exact) mass is 493 g/mol. The van der Waals surface area contributed by atoms with Gasteiger partial charge in [-0.3, -0.25) is 9.59 Å². The zero-order chi connectivity index (χ0) is 21.5. The van der Waals surface area contributed by atoms with Crippen LogP contribution in [-0.4, -0.2) is 61.7 Å². The summed E-state index contributed by atoms with van der Waals surface area (Å²) in [5.74, 6) is -0.0154. The van der Waals surface area contributed by atoms with Crippen LogP contribution >= 0.6 is 15.9 Å². The molecule has 30 heavy (non-hydrogen) atoms. The second-order valence-corrected chi connectivity index (χ2v) is 9.97. The third kappa shape index (κ3) is 3.94. The summed E-state index contributed by atoms with van der Waals surface area (Å²) in [5.41, 5.74) is 0.892. The normalized spacial score (nSPS) is 19.6. The van der Waals surface area contributed by atoms with E-state index >= 15 is 0 Å².